The molecule has 3 N–H and O–H groups in total. The van der Waals surface area contributed by atoms with Crippen LogP contribution < -0.4 is 26.8 Å². The van der Waals surface area contributed by atoms with Crippen LogP contribution in [0.15, 0.2) is 56.7 Å². The number of anilines is 3. The van der Waals surface area contributed by atoms with E-state index in [1.807, 2.05) is 6.92 Å². The van der Waals surface area contributed by atoms with Gasteiger partial charge in [-0.05, 0) is 42.8 Å². The van der Waals surface area contributed by atoms with E-state index in [0.29, 0.717) is 17.9 Å². The fourth-order valence-corrected chi connectivity index (χ4v) is 3.96. The van der Waals surface area contributed by atoms with Gasteiger partial charge in [-0.2, -0.15) is 0 Å². The molecule has 0 atom stereocenters. The van der Waals surface area contributed by atoms with Gasteiger partial charge >= 0.3 is 5.69 Å². The summed E-state index contributed by atoms with van der Waals surface area (Å²) < 4.78 is 6.62. The lowest BCUT2D eigenvalue weighted by Crippen LogP contribution is -2.41. The number of nitrogens with zero attached hydrogens (tertiary/aromatic N) is 3. The van der Waals surface area contributed by atoms with E-state index in [-0.39, 0.29) is 54.8 Å². The van der Waals surface area contributed by atoms with Crippen molar-refractivity contribution in [1.82, 2.24) is 9.55 Å². The Morgan fingerprint density at radius 2 is 1.77 bits per heavy atom. The molecule has 1 aromatic carbocycles. The van der Waals surface area contributed by atoms with Crippen LogP contribution in [0.5, 0.6) is 0 Å². The molecule has 1 aliphatic rings. The van der Waals surface area contributed by atoms with Gasteiger partial charge in [0, 0.05) is 24.9 Å². The number of carbonyl (C=O) groups is 3. The average molecular weight is 479 g/mol. The Hall–Kier alpha value is -4.41. The van der Waals surface area contributed by atoms with Crippen LogP contribution in [0.25, 0.3) is 0 Å². The van der Waals surface area contributed by atoms with Gasteiger partial charge in [-0.25, -0.2) is 4.79 Å². The molecule has 3 amide bonds. The number of H-pyrrole nitrogens is 1. The van der Waals surface area contributed by atoms with Crippen molar-refractivity contribution < 1.29 is 18.8 Å². The monoisotopic (exact) mass is 479 g/mol. The van der Waals surface area contributed by atoms with E-state index in [2.05, 4.69) is 4.98 Å². The highest BCUT2D eigenvalue weighted by Gasteiger charge is 2.31. The average Bonchev–Trinajstić information content (AvgIpc) is 3.47. The number of aromatic amines is 1. The zero-order valence-corrected chi connectivity index (χ0v) is 19.2. The van der Waals surface area contributed by atoms with Crippen molar-refractivity contribution in [2.24, 2.45) is 0 Å². The number of amides is 3. The number of nitrogen functional groups attached to an aromatic ring is 1. The molecule has 3 aromatic rings. The van der Waals surface area contributed by atoms with Crippen LogP contribution in [0.4, 0.5) is 17.2 Å². The second-order valence-corrected chi connectivity index (χ2v) is 8.14. The Morgan fingerprint density at radius 1 is 1.09 bits per heavy atom. The Balaban J connectivity index is 1.75. The number of unbranched alkanes of at least 4 members (excludes halogenated alkanes) is 1. The van der Waals surface area contributed by atoms with Crippen molar-refractivity contribution >= 4 is 34.9 Å². The molecule has 1 saturated heterocycles. The van der Waals surface area contributed by atoms with Gasteiger partial charge in [0.25, 0.3) is 11.5 Å². The Morgan fingerprint density at radius 3 is 2.37 bits per heavy atom. The van der Waals surface area contributed by atoms with Gasteiger partial charge in [-0.1, -0.05) is 13.3 Å². The highest BCUT2D eigenvalue weighted by Crippen LogP contribution is 2.26. The lowest BCUT2D eigenvalue weighted by Gasteiger charge is -2.24. The number of nitrogens with one attached hydrogen (secondary N) is 1. The number of nitrogens with two attached hydrogens (primary N) is 1. The van der Waals surface area contributed by atoms with E-state index < -0.39 is 17.2 Å². The van der Waals surface area contributed by atoms with Crippen LogP contribution in [0.3, 0.4) is 0 Å². The molecule has 2 aromatic heterocycles. The van der Waals surface area contributed by atoms with E-state index in [1.54, 1.807) is 12.1 Å². The van der Waals surface area contributed by atoms with Crippen LogP contribution in [-0.2, 0) is 22.7 Å². The Bertz CT molecular complexity index is 1350. The summed E-state index contributed by atoms with van der Waals surface area (Å²) in [6, 6.07) is 9.20. The van der Waals surface area contributed by atoms with Crippen molar-refractivity contribution in [2.45, 2.75) is 45.7 Å². The number of hydrogen-bond donors (Lipinski definition) is 2. The molecule has 0 bridgehead atoms. The van der Waals surface area contributed by atoms with Crippen LogP contribution in [0.2, 0.25) is 0 Å². The molecule has 182 valence electrons. The quantitative estimate of drug-likeness (QED) is 0.469. The van der Waals surface area contributed by atoms with E-state index in [1.165, 1.54) is 35.1 Å². The minimum absolute atomic E-state index is 0.115. The number of rotatable bonds is 8. The van der Waals surface area contributed by atoms with Crippen LogP contribution in [-0.4, -0.2) is 27.3 Å². The molecule has 11 heteroatoms. The van der Waals surface area contributed by atoms with Gasteiger partial charge < -0.3 is 10.2 Å². The lowest BCUT2D eigenvalue weighted by molar-refractivity contribution is -0.121. The summed E-state index contributed by atoms with van der Waals surface area (Å²) in [6.45, 7) is 2.11. The smallest absolute Gasteiger partial charge is 0.330 e. The molecule has 0 radical (unpaired) electrons. The van der Waals surface area contributed by atoms with E-state index in [9.17, 15) is 24.0 Å². The standard InChI is InChI=1S/C24H25N5O6/c1-2-3-12-27-21(25)20(22(32)26-24(27)34)28(14-17-5-4-13-35-17)23(33)15-6-8-16(9-7-15)29-18(30)10-11-19(29)31/h4-9,13H,2-3,10-12,14,25H2,1H3,(H,26,32,34). The number of hydrogen-bond acceptors (Lipinski definition) is 7. The molecule has 4 rings (SSSR count). The van der Waals surface area contributed by atoms with Gasteiger partial charge in [0.15, 0.2) is 5.69 Å². The Kier molecular flexibility index (Phi) is 6.67. The fraction of sp³-hybridized carbons (Fsp3) is 0.292. The summed E-state index contributed by atoms with van der Waals surface area (Å²) in [5.74, 6) is -0.917. The maximum absolute atomic E-state index is 13.6. The van der Waals surface area contributed by atoms with Gasteiger partial charge in [-0.15, -0.1) is 0 Å². The molecule has 0 aliphatic carbocycles. The predicted octanol–water partition coefficient (Wildman–Crippen LogP) is 2.01. The lowest BCUT2D eigenvalue weighted by atomic mass is 10.1. The number of benzene rings is 1. The normalized spacial score (nSPS) is 13.5. The Labute approximate surface area is 199 Å². The number of furan rings is 1. The highest BCUT2D eigenvalue weighted by atomic mass is 16.3. The van der Waals surface area contributed by atoms with Gasteiger partial charge in [0.1, 0.15) is 11.6 Å². The molecule has 35 heavy (non-hydrogen) atoms. The van der Waals surface area contributed by atoms with Crippen molar-refractivity contribution in [3.8, 4) is 0 Å². The highest BCUT2D eigenvalue weighted by molar-refractivity contribution is 6.20. The third kappa shape index (κ3) is 4.65. The first-order valence-corrected chi connectivity index (χ1v) is 11.2. The van der Waals surface area contributed by atoms with Crippen molar-refractivity contribution in [2.75, 3.05) is 15.5 Å². The first kappa shape index (κ1) is 23.7. The second kappa shape index (κ2) is 9.84. The first-order chi connectivity index (χ1) is 16.8. The number of aromatic nitrogens is 2. The van der Waals surface area contributed by atoms with E-state index >= 15 is 0 Å². The molecule has 11 nitrogen and oxygen atoms in total. The summed E-state index contributed by atoms with van der Waals surface area (Å²) in [6.07, 6.45) is 3.17. The predicted molar refractivity (Wildman–Crippen MR) is 128 cm³/mol. The molecule has 3 heterocycles. The van der Waals surface area contributed by atoms with Crippen LogP contribution in [0.1, 0.15) is 48.7 Å². The molecule has 0 saturated carbocycles. The molecule has 0 unspecified atom stereocenters. The van der Waals surface area contributed by atoms with Gasteiger partial charge in [0.05, 0.1) is 18.5 Å². The SMILES string of the molecule is CCCCn1c(N)c(N(Cc2ccco2)C(=O)c2ccc(N3C(=O)CCC3=O)cc2)c(=O)[nH]c1=O. The third-order valence-corrected chi connectivity index (χ3v) is 5.78. The molecule has 1 fully saturated rings. The summed E-state index contributed by atoms with van der Waals surface area (Å²) in [7, 11) is 0. The summed E-state index contributed by atoms with van der Waals surface area (Å²) in [5.41, 5.74) is 5.16. The fourth-order valence-electron chi connectivity index (χ4n) is 3.96. The van der Waals surface area contributed by atoms with E-state index in [0.717, 1.165) is 16.2 Å². The molecule has 0 spiro atoms. The molecular formula is C24H25N5O6. The van der Waals surface area contributed by atoms with Crippen molar-refractivity contribution in [1.29, 1.82) is 0 Å². The number of carbonyl (C=O) groups excluding carboxylic acids is 3. The zero-order valence-electron chi connectivity index (χ0n) is 19.2. The van der Waals surface area contributed by atoms with Gasteiger partial charge in [-0.3, -0.25) is 38.5 Å². The van der Waals surface area contributed by atoms with Crippen molar-refractivity contribution in [3.05, 3.63) is 74.8 Å². The minimum Gasteiger partial charge on any atom is -0.467 e. The summed E-state index contributed by atoms with van der Waals surface area (Å²) in [4.78, 5) is 67.3. The second-order valence-electron chi connectivity index (χ2n) is 8.14. The summed E-state index contributed by atoms with van der Waals surface area (Å²) >= 11 is 0. The summed E-state index contributed by atoms with van der Waals surface area (Å²) in [5, 5.41) is 0. The maximum atomic E-state index is 13.6. The molecule has 1 aliphatic heterocycles. The first-order valence-electron chi connectivity index (χ1n) is 11.2. The third-order valence-electron chi connectivity index (χ3n) is 5.78. The maximum Gasteiger partial charge on any atom is 0.330 e. The zero-order chi connectivity index (χ0) is 25.1. The topological polar surface area (TPSA) is 152 Å². The minimum atomic E-state index is -0.801. The van der Waals surface area contributed by atoms with E-state index in [4.69, 9.17) is 10.2 Å². The van der Waals surface area contributed by atoms with Crippen molar-refractivity contribution in [3.63, 3.8) is 0 Å². The largest absolute Gasteiger partial charge is 0.467 e. The van der Waals surface area contributed by atoms with Crippen LogP contribution in [0, 0.1) is 0 Å². The van der Waals surface area contributed by atoms with Crippen LogP contribution >= 0.6 is 0 Å². The number of imide groups is 1. The molecular weight excluding hydrogens is 454 g/mol. The van der Waals surface area contributed by atoms with Gasteiger partial charge in [0.2, 0.25) is 11.8 Å².